The minimum atomic E-state index is -2.78. The van der Waals surface area contributed by atoms with Crippen LogP contribution in [0.15, 0.2) is 6.07 Å². The van der Waals surface area contributed by atoms with E-state index in [0.29, 0.717) is 0 Å². The first-order valence-corrected chi connectivity index (χ1v) is 3.95. The lowest BCUT2D eigenvalue weighted by atomic mass is 10.2. The van der Waals surface area contributed by atoms with Crippen LogP contribution in [0.3, 0.4) is 0 Å². The quantitative estimate of drug-likeness (QED) is 0.576. The van der Waals surface area contributed by atoms with E-state index in [2.05, 4.69) is 9.72 Å². The van der Waals surface area contributed by atoms with Gasteiger partial charge < -0.3 is 4.74 Å². The van der Waals surface area contributed by atoms with Gasteiger partial charge >= 0.3 is 5.69 Å². The Morgan fingerprint density at radius 3 is 2.60 bits per heavy atom. The molecule has 0 bridgehead atoms. The zero-order valence-electron chi connectivity index (χ0n) is 8.03. The monoisotopic (exact) mass is 218 g/mol. The maximum atomic E-state index is 12.3. The fourth-order valence-electron chi connectivity index (χ4n) is 1.14. The number of pyridine rings is 1. The predicted octanol–water partition coefficient (Wildman–Crippen LogP) is 2.24. The number of ether oxygens (including phenoxy) is 1. The maximum Gasteiger partial charge on any atom is 0.333 e. The normalized spacial score (nSPS) is 10.5. The van der Waals surface area contributed by atoms with Crippen molar-refractivity contribution < 1.29 is 18.4 Å². The van der Waals surface area contributed by atoms with Crippen molar-refractivity contribution in [1.82, 2.24) is 4.98 Å². The zero-order valence-corrected chi connectivity index (χ0v) is 8.03. The van der Waals surface area contributed by atoms with Gasteiger partial charge in [0.05, 0.1) is 12.0 Å². The van der Waals surface area contributed by atoms with Crippen molar-refractivity contribution >= 4 is 5.69 Å². The summed E-state index contributed by atoms with van der Waals surface area (Å²) in [6.07, 6.45) is -2.78. The van der Waals surface area contributed by atoms with Crippen LogP contribution in [-0.4, -0.2) is 17.0 Å². The lowest BCUT2D eigenvalue weighted by Gasteiger charge is -2.06. The van der Waals surface area contributed by atoms with E-state index in [1.54, 1.807) is 0 Å². The van der Waals surface area contributed by atoms with Crippen molar-refractivity contribution in [2.24, 2.45) is 0 Å². The molecule has 1 aromatic rings. The molecule has 0 N–H and O–H groups in total. The van der Waals surface area contributed by atoms with Gasteiger partial charge in [0.15, 0.2) is 0 Å². The SMILES string of the molecule is COc1nc(C(F)F)cc(C)c1[N+](=O)[O-]. The molecular formula is C8H8F2N2O3. The highest BCUT2D eigenvalue weighted by Crippen LogP contribution is 2.31. The van der Waals surface area contributed by atoms with E-state index in [4.69, 9.17) is 0 Å². The van der Waals surface area contributed by atoms with Gasteiger partial charge in [-0.15, -0.1) is 0 Å². The molecule has 0 spiro atoms. The van der Waals surface area contributed by atoms with Gasteiger partial charge in [-0.25, -0.2) is 13.8 Å². The molecule has 0 unspecified atom stereocenters. The van der Waals surface area contributed by atoms with Crippen molar-refractivity contribution in [1.29, 1.82) is 0 Å². The summed E-state index contributed by atoms with van der Waals surface area (Å²) in [5, 5.41) is 10.6. The fraction of sp³-hybridized carbons (Fsp3) is 0.375. The number of rotatable bonds is 3. The number of hydrogen-bond donors (Lipinski definition) is 0. The third kappa shape index (κ3) is 2.17. The van der Waals surface area contributed by atoms with Crippen molar-refractivity contribution in [3.63, 3.8) is 0 Å². The summed E-state index contributed by atoms with van der Waals surface area (Å²) in [5.41, 5.74) is -0.820. The molecule has 0 saturated carbocycles. The van der Waals surface area contributed by atoms with E-state index < -0.39 is 22.9 Å². The smallest absolute Gasteiger partial charge is 0.333 e. The average molecular weight is 218 g/mol. The summed E-state index contributed by atoms with van der Waals surface area (Å²) in [4.78, 5) is 13.2. The topological polar surface area (TPSA) is 65.3 Å². The highest BCUT2D eigenvalue weighted by atomic mass is 19.3. The molecule has 0 atom stereocenters. The standard InChI is InChI=1S/C8H8F2N2O3/c1-4-3-5(7(9)10)11-8(15-2)6(4)12(13)14/h3,7H,1-2H3. The maximum absolute atomic E-state index is 12.3. The second kappa shape index (κ2) is 4.16. The molecule has 0 saturated heterocycles. The number of aryl methyl sites for hydroxylation is 1. The molecule has 1 rings (SSSR count). The van der Waals surface area contributed by atoms with Gasteiger partial charge in [-0.3, -0.25) is 10.1 Å². The number of hydrogen-bond acceptors (Lipinski definition) is 4. The van der Waals surface area contributed by atoms with Crippen LogP contribution in [0.2, 0.25) is 0 Å². The van der Waals surface area contributed by atoms with Gasteiger partial charge in [-0.05, 0) is 13.0 Å². The fourth-order valence-corrected chi connectivity index (χ4v) is 1.14. The van der Waals surface area contributed by atoms with E-state index in [1.807, 2.05) is 0 Å². The number of halogens is 2. The Balaban J connectivity index is 3.37. The molecule has 0 fully saturated rings. The average Bonchev–Trinajstić information content (AvgIpc) is 2.15. The third-order valence-corrected chi connectivity index (χ3v) is 1.77. The first-order valence-electron chi connectivity index (χ1n) is 3.95. The Morgan fingerprint density at radius 1 is 1.60 bits per heavy atom. The van der Waals surface area contributed by atoms with Crippen molar-refractivity contribution in [3.8, 4) is 5.88 Å². The van der Waals surface area contributed by atoms with Crippen molar-refractivity contribution in [2.75, 3.05) is 7.11 Å². The third-order valence-electron chi connectivity index (χ3n) is 1.77. The molecule has 0 amide bonds. The first-order chi connectivity index (χ1) is 6.97. The van der Waals surface area contributed by atoms with Crippen LogP contribution in [-0.2, 0) is 0 Å². The lowest BCUT2D eigenvalue weighted by Crippen LogP contribution is -2.02. The number of methoxy groups -OCH3 is 1. The van der Waals surface area contributed by atoms with Crippen LogP contribution in [0.4, 0.5) is 14.5 Å². The van der Waals surface area contributed by atoms with Crippen LogP contribution in [0.1, 0.15) is 17.7 Å². The second-order valence-corrected chi connectivity index (χ2v) is 2.78. The molecule has 5 nitrogen and oxygen atoms in total. The lowest BCUT2D eigenvalue weighted by molar-refractivity contribution is -0.386. The van der Waals surface area contributed by atoms with Gasteiger partial charge in [0.25, 0.3) is 12.3 Å². The Hall–Kier alpha value is -1.79. The van der Waals surface area contributed by atoms with Crippen LogP contribution in [0.5, 0.6) is 5.88 Å². The minimum absolute atomic E-state index is 0.0992. The van der Waals surface area contributed by atoms with Crippen LogP contribution >= 0.6 is 0 Å². The largest absolute Gasteiger partial charge is 0.476 e. The minimum Gasteiger partial charge on any atom is -0.476 e. The number of nitrogens with zero attached hydrogens (tertiary/aromatic N) is 2. The number of aromatic nitrogens is 1. The summed E-state index contributed by atoms with van der Waals surface area (Å²) in [6, 6.07) is 0.978. The summed E-state index contributed by atoms with van der Waals surface area (Å²) < 4.78 is 29.2. The van der Waals surface area contributed by atoms with E-state index in [1.165, 1.54) is 6.92 Å². The number of nitro groups is 1. The van der Waals surface area contributed by atoms with E-state index in [9.17, 15) is 18.9 Å². The summed E-state index contributed by atoms with van der Waals surface area (Å²) in [5.74, 6) is -0.393. The number of alkyl halides is 2. The van der Waals surface area contributed by atoms with Gasteiger partial charge in [0, 0.05) is 5.56 Å². The summed E-state index contributed by atoms with van der Waals surface area (Å²) in [7, 11) is 1.14. The molecule has 1 heterocycles. The Kier molecular flexibility index (Phi) is 3.13. The summed E-state index contributed by atoms with van der Waals surface area (Å²) in [6.45, 7) is 1.36. The highest BCUT2D eigenvalue weighted by molar-refractivity contribution is 5.49. The molecule has 82 valence electrons. The summed E-state index contributed by atoms with van der Waals surface area (Å²) >= 11 is 0. The first kappa shape index (κ1) is 11.3. The Morgan fingerprint density at radius 2 is 2.20 bits per heavy atom. The molecule has 1 aromatic heterocycles. The molecule has 0 aromatic carbocycles. The van der Waals surface area contributed by atoms with Crippen LogP contribution in [0, 0.1) is 17.0 Å². The predicted molar refractivity (Wildman–Crippen MR) is 47.1 cm³/mol. The van der Waals surface area contributed by atoms with Gasteiger partial charge in [0.2, 0.25) is 0 Å². The molecule has 7 heteroatoms. The van der Waals surface area contributed by atoms with Gasteiger partial charge in [-0.2, -0.15) is 0 Å². The van der Waals surface area contributed by atoms with Gasteiger partial charge in [0.1, 0.15) is 5.69 Å². The molecule has 0 aliphatic heterocycles. The Bertz CT molecular complexity index is 396. The van der Waals surface area contributed by atoms with Gasteiger partial charge in [-0.1, -0.05) is 0 Å². The molecule has 15 heavy (non-hydrogen) atoms. The molecule has 0 aliphatic carbocycles. The highest BCUT2D eigenvalue weighted by Gasteiger charge is 2.23. The second-order valence-electron chi connectivity index (χ2n) is 2.78. The van der Waals surface area contributed by atoms with E-state index in [-0.39, 0.29) is 11.3 Å². The molecular weight excluding hydrogens is 210 g/mol. The van der Waals surface area contributed by atoms with E-state index in [0.717, 1.165) is 13.2 Å². The van der Waals surface area contributed by atoms with Crippen LogP contribution in [0.25, 0.3) is 0 Å². The van der Waals surface area contributed by atoms with Crippen molar-refractivity contribution in [3.05, 3.63) is 27.4 Å². The molecule has 0 radical (unpaired) electrons. The molecule has 0 aliphatic rings. The van der Waals surface area contributed by atoms with Crippen molar-refractivity contribution in [2.45, 2.75) is 13.3 Å². The van der Waals surface area contributed by atoms with E-state index >= 15 is 0 Å². The zero-order chi connectivity index (χ0) is 11.6. The van der Waals surface area contributed by atoms with Crippen LogP contribution < -0.4 is 4.74 Å². The Labute approximate surface area is 83.8 Å².